The van der Waals surface area contributed by atoms with Gasteiger partial charge >= 0.3 is 0 Å². The van der Waals surface area contributed by atoms with Gasteiger partial charge in [0.2, 0.25) is 0 Å². The fourth-order valence-electron chi connectivity index (χ4n) is 3.01. The summed E-state index contributed by atoms with van der Waals surface area (Å²) >= 11 is 3.39. The second-order valence-corrected chi connectivity index (χ2v) is 8.90. The summed E-state index contributed by atoms with van der Waals surface area (Å²) in [5, 5.41) is 8.91. The molecule has 1 amide bonds. The first-order valence-corrected chi connectivity index (χ1v) is 11.3. The highest BCUT2D eigenvalue weighted by molar-refractivity contribution is 8.00. The van der Waals surface area contributed by atoms with E-state index in [1.54, 1.807) is 40.3 Å². The Morgan fingerprint density at radius 1 is 1.13 bits per heavy atom. The van der Waals surface area contributed by atoms with Gasteiger partial charge in [-0.05, 0) is 42.0 Å². The van der Waals surface area contributed by atoms with E-state index < -0.39 is 0 Å². The summed E-state index contributed by atoms with van der Waals surface area (Å²) < 4.78 is 7.59. The van der Waals surface area contributed by atoms with Crippen molar-refractivity contribution in [3.63, 3.8) is 0 Å². The number of carbonyl (C=O) groups is 1. The van der Waals surface area contributed by atoms with Crippen LogP contribution in [0.25, 0.3) is 10.2 Å². The Kier molecular flexibility index (Phi) is 6.47. The van der Waals surface area contributed by atoms with Crippen molar-refractivity contribution in [1.29, 1.82) is 5.26 Å². The summed E-state index contributed by atoms with van der Waals surface area (Å²) in [5.74, 6) is 1.39. The Hall–Kier alpha value is -3.08. The molecule has 0 aliphatic carbocycles. The fraction of sp³-hybridized carbons (Fsp3) is 0.174. The van der Waals surface area contributed by atoms with Crippen molar-refractivity contribution in [2.75, 3.05) is 6.54 Å². The van der Waals surface area contributed by atoms with Crippen LogP contribution in [0.2, 0.25) is 0 Å². The molecule has 150 valence electrons. The number of rotatable bonds is 8. The number of nitriles is 1. The zero-order valence-corrected chi connectivity index (χ0v) is 17.8. The molecule has 0 saturated carbocycles. The molecule has 0 bridgehead atoms. The number of nitrogens with zero attached hydrogens (tertiary/aromatic N) is 3. The van der Waals surface area contributed by atoms with E-state index in [1.807, 2.05) is 48.5 Å². The molecule has 5 nitrogen and oxygen atoms in total. The van der Waals surface area contributed by atoms with Crippen molar-refractivity contribution in [1.82, 2.24) is 9.88 Å². The summed E-state index contributed by atoms with van der Waals surface area (Å²) in [4.78, 5) is 19.2. The molecule has 4 rings (SSSR count). The third-order valence-electron chi connectivity index (χ3n) is 4.54. The highest BCUT2D eigenvalue weighted by Gasteiger charge is 2.17. The third-order valence-corrected chi connectivity index (χ3v) is 6.80. The molecular weight excluding hydrogens is 414 g/mol. The van der Waals surface area contributed by atoms with Gasteiger partial charge in [-0.25, -0.2) is 4.98 Å². The Labute approximate surface area is 183 Å². The van der Waals surface area contributed by atoms with Crippen LogP contribution in [0.15, 0.2) is 75.7 Å². The minimum absolute atomic E-state index is 0.105. The van der Waals surface area contributed by atoms with Crippen molar-refractivity contribution in [2.45, 2.75) is 23.1 Å². The zero-order chi connectivity index (χ0) is 20.8. The Balaban J connectivity index is 1.40. The molecule has 2 aromatic heterocycles. The van der Waals surface area contributed by atoms with Crippen LogP contribution >= 0.6 is 23.1 Å². The number of thioether (sulfide) groups is 1. The van der Waals surface area contributed by atoms with Crippen molar-refractivity contribution in [3.05, 3.63) is 83.8 Å². The maximum atomic E-state index is 12.9. The van der Waals surface area contributed by atoms with Gasteiger partial charge in [0.1, 0.15) is 5.76 Å². The number of furan rings is 1. The van der Waals surface area contributed by atoms with E-state index in [0.29, 0.717) is 24.4 Å². The van der Waals surface area contributed by atoms with Crippen LogP contribution in [0.3, 0.4) is 0 Å². The zero-order valence-electron chi connectivity index (χ0n) is 16.2. The van der Waals surface area contributed by atoms with Gasteiger partial charge in [0, 0.05) is 17.9 Å². The maximum absolute atomic E-state index is 12.9. The molecule has 0 saturated heterocycles. The second kappa shape index (κ2) is 9.61. The molecule has 0 unspecified atom stereocenters. The smallest absolute Gasteiger partial charge is 0.254 e. The van der Waals surface area contributed by atoms with Crippen LogP contribution in [-0.4, -0.2) is 22.3 Å². The normalized spacial score (nSPS) is 10.8. The van der Waals surface area contributed by atoms with Crippen LogP contribution in [0.4, 0.5) is 0 Å². The van der Waals surface area contributed by atoms with Crippen LogP contribution in [0, 0.1) is 11.3 Å². The van der Waals surface area contributed by atoms with E-state index in [4.69, 9.17) is 9.68 Å². The van der Waals surface area contributed by atoms with Crippen molar-refractivity contribution in [3.8, 4) is 6.07 Å². The van der Waals surface area contributed by atoms with Gasteiger partial charge in [0.05, 0.1) is 35.5 Å². The lowest BCUT2D eigenvalue weighted by Crippen LogP contribution is -2.31. The maximum Gasteiger partial charge on any atom is 0.254 e. The molecule has 4 aromatic rings. The van der Waals surface area contributed by atoms with Gasteiger partial charge in [0.15, 0.2) is 4.34 Å². The van der Waals surface area contributed by atoms with Gasteiger partial charge in [-0.2, -0.15) is 5.26 Å². The van der Waals surface area contributed by atoms with E-state index in [1.165, 1.54) is 4.70 Å². The number of thiazole rings is 1. The van der Waals surface area contributed by atoms with Crippen molar-refractivity contribution in [2.24, 2.45) is 0 Å². The van der Waals surface area contributed by atoms with E-state index in [0.717, 1.165) is 21.2 Å². The average Bonchev–Trinajstić information content (AvgIpc) is 3.44. The standard InChI is InChI=1S/C23H19N3O2S2/c24-12-4-13-26(15-19-5-3-14-28-19)22(27)18-10-8-17(9-11-18)16-29-23-25-20-6-1-2-7-21(20)30-23/h1-3,5-11,14H,4,13,15-16H2. The van der Waals surface area contributed by atoms with E-state index in [2.05, 4.69) is 17.1 Å². The number of hydrogen-bond donors (Lipinski definition) is 0. The van der Waals surface area contributed by atoms with Crippen LogP contribution in [-0.2, 0) is 12.3 Å². The number of carbonyl (C=O) groups excluding carboxylic acids is 1. The van der Waals surface area contributed by atoms with E-state index in [9.17, 15) is 4.79 Å². The number of hydrogen-bond acceptors (Lipinski definition) is 6. The number of para-hydroxylation sites is 1. The highest BCUT2D eigenvalue weighted by atomic mass is 32.2. The fourth-order valence-corrected chi connectivity index (χ4v) is 5.04. The molecule has 2 aromatic carbocycles. The van der Waals surface area contributed by atoms with Crippen LogP contribution < -0.4 is 0 Å². The summed E-state index contributed by atoms with van der Waals surface area (Å²) in [6, 6.07) is 21.5. The lowest BCUT2D eigenvalue weighted by Gasteiger charge is -2.20. The van der Waals surface area contributed by atoms with Crippen molar-refractivity contribution >= 4 is 39.2 Å². The molecule has 0 fully saturated rings. The molecule has 0 radical (unpaired) electrons. The first-order valence-electron chi connectivity index (χ1n) is 9.49. The molecule has 0 spiro atoms. The van der Waals surface area contributed by atoms with Gasteiger partial charge in [0.25, 0.3) is 5.91 Å². The van der Waals surface area contributed by atoms with Gasteiger partial charge in [-0.1, -0.05) is 36.0 Å². The van der Waals surface area contributed by atoms with Gasteiger partial charge in [-0.15, -0.1) is 11.3 Å². The van der Waals surface area contributed by atoms with Gasteiger partial charge in [-0.3, -0.25) is 4.79 Å². The summed E-state index contributed by atoms with van der Waals surface area (Å²) in [6.45, 7) is 0.716. The summed E-state index contributed by atoms with van der Waals surface area (Å²) in [6.07, 6.45) is 1.86. The molecule has 0 aliphatic heterocycles. The summed E-state index contributed by atoms with van der Waals surface area (Å²) in [7, 11) is 0. The van der Waals surface area contributed by atoms with E-state index >= 15 is 0 Å². The predicted molar refractivity (Wildman–Crippen MR) is 119 cm³/mol. The number of fused-ring (bicyclic) bond motifs is 1. The molecule has 2 heterocycles. The highest BCUT2D eigenvalue weighted by Crippen LogP contribution is 2.31. The van der Waals surface area contributed by atoms with Crippen LogP contribution in [0.5, 0.6) is 0 Å². The predicted octanol–water partition coefficient (Wildman–Crippen LogP) is 5.74. The summed E-state index contributed by atoms with van der Waals surface area (Å²) in [5.41, 5.74) is 2.76. The lowest BCUT2D eigenvalue weighted by molar-refractivity contribution is 0.0735. The first-order chi connectivity index (χ1) is 14.7. The molecule has 0 aliphatic rings. The minimum atomic E-state index is -0.105. The monoisotopic (exact) mass is 433 g/mol. The second-order valence-electron chi connectivity index (χ2n) is 6.65. The van der Waals surface area contributed by atoms with Crippen LogP contribution in [0.1, 0.15) is 28.1 Å². The lowest BCUT2D eigenvalue weighted by atomic mass is 10.1. The average molecular weight is 434 g/mol. The number of amides is 1. The Morgan fingerprint density at radius 3 is 2.70 bits per heavy atom. The number of aromatic nitrogens is 1. The van der Waals surface area contributed by atoms with Crippen molar-refractivity contribution < 1.29 is 9.21 Å². The third kappa shape index (κ3) is 4.90. The Morgan fingerprint density at radius 2 is 1.97 bits per heavy atom. The first kappa shape index (κ1) is 20.2. The SMILES string of the molecule is N#CCCN(Cc1ccco1)C(=O)c1ccc(CSc2nc3ccccc3s2)cc1. The molecular formula is C23H19N3O2S2. The molecule has 0 N–H and O–H groups in total. The molecule has 0 atom stereocenters. The quantitative estimate of drug-likeness (QED) is 0.332. The minimum Gasteiger partial charge on any atom is -0.467 e. The number of benzene rings is 2. The molecule has 30 heavy (non-hydrogen) atoms. The largest absolute Gasteiger partial charge is 0.467 e. The van der Waals surface area contributed by atoms with E-state index in [-0.39, 0.29) is 12.3 Å². The Bertz CT molecular complexity index is 1130. The van der Waals surface area contributed by atoms with Gasteiger partial charge < -0.3 is 9.32 Å². The topological polar surface area (TPSA) is 70.1 Å². The molecule has 7 heteroatoms.